The molecule has 3 atom stereocenters. The Balaban J connectivity index is 1.35. The number of piperidine rings is 1. The molecule has 0 bridgehead atoms. The molecule has 0 radical (unpaired) electrons. The number of carbonyl (C=O) groups excluding carboxylic acids is 3. The number of likely N-dealkylation sites (tertiary alicyclic amines) is 1. The van der Waals surface area contributed by atoms with Gasteiger partial charge in [-0.15, -0.1) is 0 Å². The molecule has 0 unspecified atom stereocenters. The highest BCUT2D eigenvalue weighted by atomic mass is 35.5. The highest BCUT2D eigenvalue weighted by molar-refractivity contribution is 6.31. The van der Waals surface area contributed by atoms with Crippen molar-refractivity contribution in [2.24, 2.45) is 11.7 Å². The maximum absolute atomic E-state index is 14.9. The Morgan fingerprint density at radius 3 is 2.00 bits per heavy atom. The van der Waals surface area contributed by atoms with Gasteiger partial charge in [0, 0.05) is 46.9 Å². The lowest BCUT2D eigenvalue weighted by atomic mass is 9.79. The summed E-state index contributed by atoms with van der Waals surface area (Å²) in [7, 11) is 1.49. The number of nitrogens with one attached hydrogen (secondary N) is 1. The predicted octanol–water partition coefficient (Wildman–Crippen LogP) is 7.77. The van der Waals surface area contributed by atoms with Crippen molar-refractivity contribution in [3.8, 4) is 0 Å². The molecule has 1 saturated heterocycles. The van der Waals surface area contributed by atoms with Crippen LogP contribution in [0.25, 0.3) is 0 Å². The number of amides is 2. The number of methoxy groups -OCH3 is 1. The van der Waals surface area contributed by atoms with E-state index >= 15 is 0 Å². The number of nitrogens with zero attached hydrogens (tertiary/aromatic N) is 1. The van der Waals surface area contributed by atoms with Gasteiger partial charge in [0.15, 0.2) is 5.60 Å². The Bertz CT molecular complexity index is 2030. The fourth-order valence-corrected chi connectivity index (χ4v) is 8.17. The van der Waals surface area contributed by atoms with Gasteiger partial charge >= 0.3 is 5.97 Å². The third-order valence-corrected chi connectivity index (χ3v) is 11.0. The predicted molar refractivity (Wildman–Crippen MR) is 220 cm³/mol. The number of nitrogens with two attached hydrogens (primary N) is 1. The van der Waals surface area contributed by atoms with E-state index in [0.717, 1.165) is 11.1 Å². The van der Waals surface area contributed by atoms with Gasteiger partial charge in [0.05, 0.1) is 24.5 Å². The highest BCUT2D eigenvalue weighted by Crippen LogP contribution is 2.44. The number of benzene rings is 5. The first-order valence-corrected chi connectivity index (χ1v) is 19.6. The minimum absolute atomic E-state index is 0.0500. The van der Waals surface area contributed by atoms with Gasteiger partial charge < -0.3 is 25.4 Å². The third-order valence-electron chi connectivity index (χ3n) is 10.4. The molecule has 2 amide bonds. The average molecular weight is 793 g/mol. The van der Waals surface area contributed by atoms with E-state index in [9.17, 15) is 14.4 Å². The van der Waals surface area contributed by atoms with Crippen LogP contribution in [0, 0.1) is 5.92 Å². The number of carbonyl (C=O) groups is 3. The fourth-order valence-electron chi connectivity index (χ4n) is 7.77. The van der Waals surface area contributed by atoms with E-state index in [4.69, 9.17) is 38.4 Å². The normalized spacial score (nSPS) is 16.8. The number of esters is 1. The molecule has 0 aromatic heterocycles. The van der Waals surface area contributed by atoms with Crippen molar-refractivity contribution >= 4 is 41.0 Å². The minimum Gasteiger partial charge on any atom is -0.444 e. The standard InChI is InChI=1S/C46H47Cl2N3O5/c1-55-31-41(49)43(53)50-45(30-34-22-24-38(47)25-23-34)26-13-27-51(32-45)44(54)35(28-33-14-5-2-6-15-33)29-42(52)56-46(36-16-7-3-8-17-36,37-18-9-4-10-19-37)39-20-11-12-21-40(39)48/h2-12,14-25,35,41H,13,26-32,49H2,1H3,(H,50,53)/t35-,41+,45-/m1/s1. The van der Waals surface area contributed by atoms with Crippen molar-refractivity contribution in [1.29, 1.82) is 0 Å². The largest absolute Gasteiger partial charge is 0.444 e. The summed E-state index contributed by atoms with van der Waals surface area (Å²) in [5.41, 5.74) is 7.83. The van der Waals surface area contributed by atoms with E-state index in [0.29, 0.717) is 59.0 Å². The van der Waals surface area contributed by atoms with Gasteiger partial charge in [0.1, 0.15) is 6.04 Å². The number of hydrogen-bond acceptors (Lipinski definition) is 6. The molecule has 1 fully saturated rings. The van der Waals surface area contributed by atoms with Crippen LogP contribution in [0.4, 0.5) is 0 Å². The Morgan fingerprint density at radius 2 is 1.39 bits per heavy atom. The maximum atomic E-state index is 14.9. The van der Waals surface area contributed by atoms with Crippen molar-refractivity contribution in [3.63, 3.8) is 0 Å². The lowest BCUT2D eigenvalue weighted by Gasteiger charge is -2.45. The van der Waals surface area contributed by atoms with Crippen LogP contribution in [0.2, 0.25) is 10.0 Å². The molecule has 1 heterocycles. The van der Waals surface area contributed by atoms with Gasteiger partial charge in [-0.05, 0) is 55.0 Å². The van der Waals surface area contributed by atoms with Gasteiger partial charge in [-0.1, -0.05) is 145 Å². The van der Waals surface area contributed by atoms with Crippen LogP contribution >= 0.6 is 23.2 Å². The summed E-state index contributed by atoms with van der Waals surface area (Å²) in [5.74, 6) is -1.91. The zero-order chi connectivity index (χ0) is 39.5. The van der Waals surface area contributed by atoms with E-state index in [2.05, 4.69) is 5.32 Å². The van der Waals surface area contributed by atoms with Crippen molar-refractivity contribution in [2.75, 3.05) is 26.8 Å². The quantitative estimate of drug-likeness (QED) is 0.0829. The second kappa shape index (κ2) is 18.8. The Labute approximate surface area is 338 Å². The van der Waals surface area contributed by atoms with E-state index in [1.54, 1.807) is 11.0 Å². The van der Waals surface area contributed by atoms with Crippen LogP contribution in [0.5, 0.6) is 0 Å². The molecule has 6 rings (SSSR count). The summed E-state index contributed by atoms with van der Waals surface area (Å²) in [4.78, 5) is 44.7. The number of rotatable bonds is 15. The first-order chi connectivity index (χ1) is 27.1. The molecule has 8 nitrogen and oxygen atoms in total. The average Bonchev–Trinajstić information content (AvgIpc) is 3.22. The summed E-state index contributed by atoms with van der Waals surface area (Å²) in [6.07, 6.45) is 1.78. The highest BCUT2D eigenvalue weighted by Gasteiger charge is 2.44. The van der Waals surface area contributed by atoms with E-state index in [-0.39, 0.29) is 31.4 Å². The molecule has 0 spiro atoms. The molecule has 0 aliphatic carbocycles. The maximum Gasteiger partial charge on any atom is 0.308 e. The van der Waals surface area contributed by atoms with Crippen LogP contribution in [-0.4, -0.2) is 61.1 Å². The summed E-state index contributed by atoms with van der Waals surface area (Å²) >= 11 is 13.1. The summed E-state index contributed by atoms with van der Waals surface area (Å²) in [6.45, 7) is 0.728. The lowest BCUT2D eigenvalue weighted by molar-refractivity contribution is -0.157. The summed E-state index contributed by atoms with van der Waals surface area (Å²) in [5, 5.41) is 4.24. The molecule has 10 heteroatoms. The number of halogens is 2. The molecule has 5 aromatic rings. The van der Waals surface area contributed by atoms with E-state index in [1.165, 1.54) is 7.11 Å². The molecule has 1 aliphatic rings. The third kappa shape index (κ3) is 9.68. The van der Waals surface area contributed by atoms with Gasteiger partial charge in [-0.25, -0.2) is 0 Å². The van der Waals surface area contributed by atoms with E-state index < -0.39 is 29.1 Å². The van der Waals surface area contributed by atoms with Gasteiger partial charge in [0.2, 0.25) is 11.8 Å². The zero-order valence-corrected chi connectivity index (χ0v) is 32.9. The van der Waals surface area contributed by atoms with Crippen molar-refractivity contribution in [2.45, 2.75) is 49.3 Å². The first kappa shape index (κ1) is 40.7. The molecule has 3 N–H and O–H groups in total. The molecule has 1 aliphatic heterocycles. The molecule has 5 aromatic carbocycles. The van der Waals surface area contributed by atoms with Gasteiger partial charge in [-0.3, -0.25) is 14.4 Å². The summed E-state index contributed by atoms with van der Waals surface area (Å²) in [6, 6.07) is 42.6. The zero-order valence-electron chi connectivity index (χ0n) is 31.4. The van der Waals surface area contributed by atoms with Gasteiger partial charge in [-0.2, -0.15) is 0 Å². The molecular weight excluding hydrogens is 745 g/mol. The summed E-state index contributed by atoms with van der Waals surface area (Å²) < 4.78 is 11.9. The van der Waals surface area contributed by atoms with Crippen LogP contribution in [-0.2, 0) is 42.3 Å². The van der Waals surface area contributed by atoms with Crippen molar-refractivity contribution in [1.82, 2.24) is 10.2 Å². The second-order valence-electron chi connectivity index (χ2n) is 14.5. The smallest absolute Gasteiger partial charge is 0.308 e. The number of hydrogen-bond donors (Lipinski definition) is 2. The Kier molecular flexibility index (Phi) is 13.6. The van der Waals surface area contributed by atoms with Crippen molar-refractivity contribution in [3.05, 3.63) is 177 Å². The Hall–Kier alpha value is -4.99. The second-order valence-corrected chi connectivity index (χ2v) is 15.3. The SMILES string of the molecule is COC[C@H](N)C(=O)N[C@@]1(Cc2ccc(Cl)cc2)CCCN(C(=O)[C@@H](CC(=O)OC(c2ccccc2)(c2ccccc2)c2ccccc2Cl)Cc2ccccc2)C1. The molecule has 0 saturated carbocycles. The topological polar surface area (TPSA) is 111 Å². The van der Waals surface area contributed by atoms with Crippen LogP contribution < -0.4 is 11.1 Å². The fraction of sp³-hybridized carbons (Fsp3) is 0.283. The number of ether oxygens (including phenoxy) is 2. The van der Waals surface area contributed by atoms with Crippen LogP contribution in [0.3, 0.4) is 0 Å². The molecular formula is C46H47Cl2N3O5. The minimum atomic E-state index is -1.41. The van der Waals surface area contributed by atoms with Gasteiger partial charge in [0.25, 0.3) is 0 Å². The van der Waals surface area contributed by atoms with Crippen LogP contribution in [0.15, 0.2) is 140 Å². The van der Waals surface area contributed by atoms with Crippen molar-refractivity contribution < 1.29 is 23.9 Å². The Morgan fingerprint density at radius 1 is 0.804 bits per heavy atom. The monoisotopic (exact) mass is 791 g/mol. The van der Waals surface area contributed by atoms with Crippen LogP contribution in [0.1, 0.15) is 47.1 Å². The molecule has 290 valence electrons. The first-order valence-electron chi connectivity index (χ1n) is 18.8. The molecule has 56 heavy (non-hydrogen) atoms. The van der Waals surface area contributed by atoms with E-state index in [1.807, 2.05) is 133 Å². The lowest BCUT2D eigenvalue weighted by Crippen LogP contribution is -2.64.